The Hall–Kier alpha value is -0.920. The van der Waals surface area contributed by atoms with Gasteiger partial charge in [0.15, 0.2) is 5.03 Å². The molecule has 0 saturated carbocycles. The predicted octanol–water partition coefficient (Wildman–Crippen LogP) is 0.221. The summed E-state index contributed by atoms with van der Waals surface area (Å²) in [4.78, 5) is 0. The molecular formula is C9H18N4O2S. The summed E-state index contributed by atoms with van der Waals surface area (Å²) in [6.07, 6.45) is 1.54. The lowest BCUT2D eigenvalue weighted by Crippen LogP contribution is -2.22. The minimum absolute atomic E-state index is 0.0382. The summed E-state index contributed by atoms with van der Waals surface area (Å²) in [6.45, 7) is 6.88. The van der Waals surface area contributed by atoms with Crippen molar-refractivity contribution in [1.82, 2.24) is 15.1 Å². The lowest BCUT2D eigenvalue weighted by molar-refractivity contribution is 0.475. The Morgan fingerprint density at radius 2 is 2.19 bits per heavy atom. The average Bonchev–Trinajstić information content (AvgIpc) is 2.57. The maximum atomic E-state index is 11.5. The molecule has 0 aromatic carbocycles. The Bertz CT molecular complexity index is 450. The Labute approximate surface area is 95.9 Å². The van der Waals surface area contributed by atoms with Crippen LogP contribution in [0.15, 0.2) is 11.2 Å². The number of nitrogens with zero attached hydrogens (tertiary/aromatic N) is 2. The minimum atomic E-state index is -3.74. The first-order valence-electron chi connectivity index (χ1n) is 5.17. The van der Waals surface area contributed by atoms with E-state index in [1.165, 1.54) is 4.68 Å². The number of rotatable bonds is 5. The van der Waals surface area contributed by atoms with Crippen molar-refractivity contribution in [3.8, 4) is 0 Å². The first-order valence-corrected chi connectivity index (χ1v) is 6.72. The van der Waals surface area contributed by atoms with E-state index >= 15 is 0 Å². The summed E-state index contributed by atoms with van der Waals surface area (Å²) in [5.41, 5.74) is 0.609. The van der Waals surface area contributed by atoms with Gasteiger partial charge in [-0.25, -0.2) is 13.6 Å². The Morgan fingerprint density at radius 1 is 1.56 bits per heavy atom. The van der Waals surface area contributed by atoms with E-state index in [4.69, 9.17) is 5.14 Å². The third-order valence-electron chi connectivity index (χ3n) is 2.14. The van der Waals surface area contributed by atoms with Crippen LogP contribution in [-0.2, 0) is 16.6 Å². The second-order valence-electron chi connectivity index (χ2n) is 3.84. The van der Waals surface area contributed by atoms with Crippen LogP contribution < -0.4 is 10.5 Å². The molecule has 0 aliphatic rings. The summed E-state index contributed by atoms with van der Waals surface area (Å²) < 4.78 is 24.4. The van der Waals surface area contributed by atoms with E-state index in [1.54, 1.807) is 6.20 Å². The van der Waals surface area contributed by atoms with Crippen molar-refractivity contribution in [2.45, 2.75) is 38.4 Å². The summed E-state index contributed by atoms with van der Waals surface area (Å²) in [6, 6.07) is -0.0382. The molecule has 0 fully saturated rings. The minimum Gasteiger partial charge on any atom is -0.313 e. The molecule has 1 heterocycles. The predicted molar refractivity (Wildman–Crippen MR) is 61.4 cm³/mol. The fourth-order valence-electron chi connectivity index (χ4n) is 1.45. The van der Waals surface area contributed by atoms with E-state index in [-0.39, 0.29) is 11.1 Å². The molecule has 92 valence electrons. The van der Waals surface area contributed by atoms with Gasteiger partial charge in [-0.15, -0.1) is 0 Å². The zero-order chi connectivity index (χ0) is 12.3. The topological polar surface area (TPSA) is 90.0 Å². The lowest BCUT2D eigenvalue weighted by Gasteiger charge is -2.10. The highest BCUT2D eigenvalue weighted by molar-refractivity contribution is 7.89. The monoisotopic (exact) mass is 246 g/mol. The summed E-state index contributed by atoms with van der Waals surface area (Å²) in [5, 5.41) is 12.4. The van der Waals surface area contributed by atoms with Gasteiger partial charge in [-0.2, -0.15) is 5.10 Å². The highest BCUT2D eigenvalue weighted by Crippen LogP contribution is 2.17. The van der Waals surface area contributed by atoms with Gasteiger partial charge in [0.05, 0.1) is 6.20 Å². The number of primary sulfonamides is 1. The van der Waals surface area contributed by atoms with Gasteiger partial charge in [-0.3, -0.25) is 4.68 Å². The number of hydrogen-bond acceptors (Lipinski definition) is 4. The molecule has 0 amide bonds. The quantitative estimate of drug-likeness (QED) is 0.777. The van der Waals surface area contributed by atoms with Crippen molar-refractivity contribution in [3.05, 3.63) is 11.8 Å². The van der Waals surface area contributed by atoms with Crippen molar-refractivity contribution in [2.75, 3.05) is 6.54 Å². The molecule has 1 aromatic heterocycles. The molecule has 6 nitrogen and oxygen atoms in total. The van der Waals surface area contributed by atoms with Gasteiger partial charge < -0.3 is 5.32 Å². The third-order valence-corrected chi connectivity index (χ3v) is 3.13. The molecule has 16 heavy (non-hydrogen) atoms. The molecular weight excluding hydrogens is 228 g/mol. The van der Waals surface area contributed by atoms with Crippen LogP contribution in [0.5, 0.6) is 0 Å². The van der Waals surface area contributed by atoms with Crippen molar-refractivity contribution >= 4 is 10.0 Å². The zero-order valence-electron chi connectivity index (χ0n) is 9.77. The van der Waals surface area contributed by atoms with Crippen LogP contribution >= 0.6 is 0 Å². The van der Waals surface area contributed by atoms with Gasteiger partial charge in [-0.1, -0.05) is 6.92 Å². The van der Waals surface area contributed by atoms with Crippen LogP contribution in [0.1, 0.15) is 32.4 Å². The lowest BCUT2D eigenvalue weighted by atomic mass is 10.3. The molecule has 1 rings (SSSR count). The second kappa shape index (κ2) is 4.94. The highest BCUT2D eigenvalue weighted by Gasteiger charge is 2.21. The molecule has 0 bridgehead atoms. The zero-order valence-corrected chi connectivity index (χ0v) is 10.6. The fraction of sp³-hybridized carbons (Fsp3) is 0.667. The number of aromatic nitrogens is 2. The standard InChI is InChI=1S/C9H18N4O2S/c1-4-11-5-8-6-12-13(7(2)3)9(8)16(10,14)15/h6-7,11H,4-5H2,1-3H3,(H2,10,14,15). The summed E-state index contributed by atoms with van der Waals surface area (Å²) in [5.74, 6) is 0. The van der Waals surface area contributed by atoms with Gasteiger partial charge in [0, 0.05) is 18.2 Å². The van der Waals surface area contributed by atoms with Crippen LogP contribution in [0.25, 0.3) is 0 Å². The Balaban J connectivity index is 3.21. The normalized spacial score (nSPS) is 12.3. The largest absolute Gasteiger partial charge is 0.313 e. The van der Waals surface area contributed by atoms with E-state index < -0.39 is 10.0 Å². The van der Waals surface area contributed by atoms with Crippen molar-refractivity contribution in [2.24, 2.45) is 5.14 Å². The molecule has 0 radical (unpaired) electrons. The van der Waals surface area contributed by atoms with E-state index in [0.29, 0.717) is 12.1 Å². The molecule has 0 aliphatic heterocycles. The van der Waals surface area contributed by atoms with Crippen LogP contribution in [0.4, 0.5) is 0 Å². The molecule has 7 heteroatoms. The average molecular weight is 246 g/mol. The van der Waals surface area contributed by atoms with Crippen LogP contribution in [-0.4, -0.2) is 24.7 Å². The molecule has 0 saturated heterocycles. The molecule has 0 spiro atoms. The van der Waals surface area contributed by atoms with Gasteiger partial charge >= 0.3 is 0 Å². The maximum Gasteiger partial charge on any atom is 0.255 e. The molecule has 3 N–H and O–H groups in total. The molecule has 0 atom stereocenters. The number of sulfonamides is 1. The van der Waals surface area contributed by atoms with E-state index in [2.05, 4.69) is 10.4 Å². The maximum absolute atomic E-state index is 11.5. The number of hydrogen-bond donors (Lipinski definition) is 2. The Morgan fingerprint density at radius 3 is 2.62 bits per heavy atom. The SMILES string of the molecule is CCNCc1cnn(C(C)C)c1S(N)(=O)=O. The van der Waals surface area contributed by atoms with Crippen molar-refractivity contribution in [3.63, 3.8) is 0 Å². The smallest absolute Gasteiger partial charge is 0.255 e. The van der Waals surface area contributed by atoms with E-state index in [0.717, 1.165) is 6.54 Å². The van der Waals surface area contributed by atoms with Gasteiger partial charge in [-0.05, 0) is 20.4 Å². The number of nitrogens with one attached hydrogen (secondary N) is 1. The van der Waals surface area contributed by atoms with E-state index in [1.807, 2.05) is 20.8 Å². The first-order chi connectivity index (χ1) is 7.38. The van der Waals surface area contributed by atoms with Gasteiger partial charge in [0.2, 0.25) is 0 Å². The molecule has 0 aliphatic carbocycles. The summed E-state index contributed by atoms with van der Waals surface area (Å²) in [7, 11) is -3.74. The fourth-order valence-corrected chi connectivity index (χ4v) is 2.46. The van der Waals surface area contributed by atoms with Crippen LogP contribution in [0, 0.1) is 0 Å². The van der Waals surface area contributed by atoms with E-state index in [9.17, 15) is 8.42 Å². The Kier molecular flexibility index (Phi) is 4.06. The molecule has 1 aromatic rings. The highest BCUT2D eigenvalue weighted by atomic mass is 32.2. The van der Waals surface area contributed by atoms with Gasteiger partial charge in [0.1, 0.15) is 0 Å². The summed E-state index contributed by atoms with van der Waals surface area (Å²) >= 11 is 0. The number of nitrogens with two attached hydrogens (primary N) is 1. The second-order valence-corrected chi connectivity index (χ2v) is 5.32. The van der Waals surface area contributed by atoms with Crippen LogP contribution in [0.2, 0.25) is 0 Å². The third kappa shape index (κ3) is 2.81. The van der Waals surface area contributed by atoms with Crippen molar-refractivity contribution in [1.29, 1.82) is 0 Å². The molecule has 0 unspecified atom stereocenters. The van der Waals surface area contributed by atoms with Gasteiger partial charge in [0.25, 0.3) is 10.0 Å². The van der Waals surface area contributed by atoms with Crippen LogP contribution in [0.3, 0.4) is 0 Å². The first kappa shape index (κ1) is 13.1. The van der Waals surface area contributed by atoms with Crippen molar-refractivity contribution < 1.29 is 8.42 Å².